The standard InChI is InChI=1S/C2H2BN3/c1-2-4-6-5-3-1/h1-2H. The molecule has 0 saturated carbocycles. The first-order chi connectivity index (χ1) is 3.00. The van der Waals surface area contributed by atoms with E-state index in [1.165, 1.54) is 0 Å². The van der Waals surface area contributed by atoms with E-state index in [0.717, 1.165) is 0 Å². The van der Waals surface area contributed by atoms with Crippen molar-refractivity contribution in [3.8, 4) is 0 Å². The Labute approximate surface area is 35.7 Å². The molecule has 0 amide bonds. The molecule has 0 spiro atoms. The van der Waals surface area contributed by atoms with Gasteiger partial charge in [-0.05, 0) is 0 Å². The zero-order chi connectivity index (χ0) is 4.24. The van der Waals surface area contributed by atoms with E-state index in [0.29, 0.717) is 0 Å². The molecule has 0 fully saturated rings. The molecular formula is C2H2BN3. The topological polar surface area (TPSA) is 38.7 Å². The summed E-state index contributed by atoms with van der Waals surface area (Å²) in [4.78, 5) is 0. The van der Waals surface area contributed by atoms with E-state index in [1.54, 1.807) is 19.2 Å². The molecule has 0 bridgehead atoms. The molecular weight excluding hydrogens is 76.9 g/mol. The van der Waals surface area contributed by atoms with E-state index in [-0.39, 0.29) is 0 Å². The minimum atomic E-state index is 1.58. The van der Waals surface area contributed by atoms with Crippen LogP contribution in [-0.4, -0.2) is 22.4 Å². The average molecular weight is 78.9 g/mol. The molecule has 0 radical (unpaired) electrons. The van der Waals surface area contributed by atoms with Gasteiger partial charge >= 0.3 is 34.5 Å². The number of hydrogen-bond donors (Lipinski definition) is 0. The zero-order valence-electron chi connectivity index (χ0n) is 3.07. The third-order valence-corrected chi connectivity index (χ3v) is 0.409. The maximum atomic E-state index is 3.42. The fourth-order valence-electron chi connectivity index (χ4n) is 0.205. The van der Waals surface area contributed by atoms with Crippen molar-refractivity contribution in [1.82, 2.24) is 15.3 Å². The van der Waals surface area contributed by atoms with Crippen LogP contribution in [0.4, 0.5) is 0 Å². The molecule has 0 aliphatic carbocycles. The van der Waals surface area contributed by atoms with Crippen LogP contribution >= 0.6 is 0 Å². The van der Waals surface area contributed by atoms with Crippen LogP contribution in [0.1, 0.15) is 0 Å². The zero-order valence-corrected chi connectivity index (χ0v) is 3.07. The monoisotopic (exact) mass is 79.0 g/mol. The van der Waals surface area contributed by atoms with Gasteiger partial charge in [0.15, 0.2) is 0 Å². The van der Waals surface area contributed by atoms with Gasteiger partial charge in [-0.2, -0.15) is 0 Å². The number of nitrogens with zero attached hydrogens (tertiary/aromatic N) is 3. The van der Waals surface area contributed by atoms with E-state index in [2.05, 4.69) is 15.3 Å². The number of rotatable bonds is 0. The van der Waals surface area contributed by atoms with E-state index in [9.17, 15) is 0 Å². The number of aromatic nitrogens is 3. The molecule has 28 valence electrons. The van der Waals surface area contributed by atoms with Gasteiger partial charge in [0, 0.05) is 0 Å². The fourth-order valence-corrected chi connectivity index (χ4v) is 0.205. The third kappa shape index (κ3) is 0.575. The molecule has 0 unspecified atom stereocenters. The van der Waals surface area contributed by atoms with Crippen molar-refractivity contribution >= 4 is 7.05 Å². The second kappa shape index (κ2) is 1.59. The van der Waals surface area contributed by atoms with Crippen LogP contribution in [-0.2, 0) is 0 Å². The fraction of sp³-hybridized carbons (Fsp3) is 0. The van der Waals surface area contributed by atoms with Crippen molar-refractivity contribution in [1.29, 1.82) is 0 Å². The summed E-state index contributed by atoms with van der Waals surface area (Å²) >= 11 is 0. The summed E-state index contributed by atoms with van der Waals surface area (Å²) in [6, 6.07) is 0. The SMILES string of the molecule is b1ccnnn1. The van der Waals surface area contributed by atoms with Crippen molar-refractivity contribution < 1.29 is 0 Å². The Balaban J connectivity index is 3.00. The summed E-state index contributed by atoms with van der Waals surface area (Å²) in [7, 11) is 1.58. The summed E-state index contributed by atoms with van der Waals surface area (Å²) in [5.74, 6) is 1.72. The molecule has 6 heavy (non-hydrogen) atoms. The van der Waals surface area contributed by atoms with Crippen molar-refractivity contribution in [3.63, 3.8) is 0 Å². The maximum absolute atomic E-state index is 3.42. The predicted octanol–water partition coefficient (Wildman–Crippen LogP) is -0.790. The molecule has 0 atom stereocenters. The Morgan fingerprint density at radius 1 is 1.50 bits per heavy atom. The van der Waals surface area contributed by atoms with Gasteiger partial charge in [0.25, 0.3) is 0 Å². The molecule has 1 aromatic rings. The molecule has 0 aromatic carbocycles. The van der Waals surface area contributed by atoms with Gasteiger partial charge in [0.1, 0.15) is 0 Å². The van der Waals surface area contributed by atoms with Crippen LogP contribution in [0.5, 0.6) is 0 Å². The van der Waals surface area contributed by atoms with Gasteiger partial charge in [-0.3, -0.25) is 0 Å². The predicted molar refractivity (Wildman–Crippen MR) is 21.2 cm³/mol. The molecule has 0 aliphatic rings. The molecule has 3 nitrogen and oxygen atoms in total. The number of hydrogen-bond acceptors (Lipinski definition) is 3. The minimum absolute atomic E-state index is 1.58. The molecule has 1 rings (SSSR count). The second-order valence-electron chi connectivity index (χ2n) is 0.811. The van der Waals surface area contributed by atoms with Crippen molar-refractivity contribution in [3.05, 3.63) is 12.2 Å². The Bertz CT molecular complexity index is 80.7. The Morgan fingerprint density at radius 2 is 2.50 bits per heavy atom. The average Bonchev–Trinajstić information content (AvgIpc) is 1.72. The molecule has 0 aliphatic heterocycles. The molecule has 0 N–H and O–H groups in total. The first-order valence-corrected chi connectivity index (χ1v) is 1.58. The Morgan fingerprint density at radius 3 is 2.67 bits per heavy atom. The summed E-state index contributed by atoms with van der Waals surface area (Å²) < 4.78 is 0. The second-order valence-corrected chi connectivity index (χ2v) is 0.811. The summed E-state index contributed by atoms with van der Waals surface area (Å²) in [6.45, 7) is 0. The Kier molecular flexibility index (Phi) is 0.903. The van der Waals surface area contributed by atoms with Crippen LogP contribution in [0, 0.1) is 0 Å². The summed E-state index contributed by atoms with van der Waals surface area (Å²) in [5, 5.41) is 10.1. The third-order valence-electron chi connectivity index (χ3n) is 0.409. The van der Waals surface area contributed by atoms with E-state index in [1.807, 2.05) is 0 Å². The summed E-state index contributed by atoms with van der Waals surface area (Å²) in [5.41, 5.74) is 0. The van der Waals surface area contributed by atoms with Crippen molar-refractivity contribution in [2.45, 2.75) is 0 Å². The van der Waals surface area contributed by atoms with Crippen molar-refractivity contribution in [2.24, 2.45) is 0 Å². The first kappa shape index (κ1) is 3.40. The van der Waals surface area contributed by atoms with Gasteiger partial charge in [0.05, 0.1) is 0 Å². The molecule has 4 heteroatoms. The van der Waals surface area contributed by atoms with Gasteiger partial charge < -0.3 is 0 Å². The van der Waals surface area contributed by atoms with E-state index in [4.69, 9.17) is 0 Å². The van der Waals surface area contributed by atoms with Gasteiger partial charge in [-0.15, -0.1) is 0 Å². The molecule has 1 heterocycles. The van der Waals surface area contributed by atoms with E-state index < -0.39 is 0 Å². The van der Waals surface area contributed by atoms with Crippen LogP contribution < -0.4 is 0 Å². The van der Waals surface area contributed by atoms with Crippen LogP contribution in [0.25, 0.3) is 0 Å². The van der Waals surface area contributed by atoms with E-state index >= 15 is 0 Å². The normalized spacial score (nSPS) is 7.33. The van der Waals surface area contributed by atoms with Gasteiger partial charge in [-0.1, -0.05) is 0 Å². The first-order valence-electron chi connectivity index (χ1n) is 1.58. The van der Waals surface area contributed by atoms with Crippen LogP contribution in [0.3, 0.4) is 0 Å². The Hall–Kier alpha value is -0.795. The van der Waals surface area contributed by atoms with Gasteiger partial charge in [0.2, 0.25) is 0 Å². The molecule has 1 aromatic heterocycles. The summed E-state index contributed by atoms with van der Waals surface area (Å²) in [6.07, 6.45) is 1.58. The molecule has 0 saturated heterocycles. The van der Waals surface area contributed by atoms with Crippen molar-refractivity contribution in [2.75, 3.05) is 0 Å². The quantitative estimate of drug-likeness (QED) is 0.409. The van der Waals surface area contributed by atoms with Gasteiger partial charge in [-0.25, -0.2) is 0 Å². The van der Waals surface area contributed by atoms with Crippen LogP contribution in [0.15, 0.2) is 12.2 Å². The van der Waals surface area contributed by atoms with Crippen LogP contribution in [0.2, 0.25) is 0 Å².